The molecule has 1 aromatic rings. The van der Waals surface area contributed by atoms with Gasteiger partial charge in [0.1, 0.15) is 5.75 Å². The third-order valence-electron chi connectivity index (χ3n) is 2.31. The fourth-order valence-corrected chi connectivity index (χ4v) is 1.49. The number of rotatable bonds is 5. The maximum atomic E-state index is 11.6. The van der Waals surface area contributed by atoms with Crippen molar-refractivity contribution in [3.05, 3.63) is 24.3 Å². The number of carbonyl (C=O) groups excluding carboxylic acids is 1. The van der Waals surface area contributed by atoms with Crippen molar-refractivity contribution in [1.82, 2.24) is 0 Å². The minimum atomic E-state index is -0.0629. The fraction of sp³-hybridized carbons (Fsp3) is 0.417. The molecule has 4 heteroatoms. The summed E-state index contributed by atoms with van der Waals surface area (Å²) in [5, 5.41) is 0. The second-order valence-corrected chi connectivity index (χ2v) is 3.45. The molecule has 0 aromatic heterocycles. The maximum Gasteiger partial charge on any atom is 0.240 e. The Morgan fingerprint density at radius 2 is 2.00 bits per heavy atom. The van der Waals surface area contributed by atoms with Gasteiger partial charge in [0.05, 0.1) is 13.7 Å². The molecule has 0 saturated carbocycles. The van der Waals surface area contributed by atoms with Gasteiger partial charge in [-0.15, -0.1) is 0 Å². The molecule has 1 aromatic carbocycles. The van der Waals surface area contributed by atoms with E-state index in [1.54, 1.807) is 12.0 Å². The number of anilines is 1. The van der Waals surface area contributed by atoms with Crippen molar-refractivity contribution >= 4 is 11.6 Å². The summed E-state index contributed by atoms with van der Waals surface area (Å²) in [4.78, 5) is 13.3. The maximum absolute atomic E-state index is 11.6. The third-order valence-corrected chi connectivity index (χ3v) is 2.31. The molecule has 0 radical (unpaired) electrons. The molecule has 0 aliphatic heterocycles. The quantitative estimate of drug-likeness (QED) is 0.819. The Morgan fingerprint density at radius 1 is 1.38 bits per heavy atom. The van der Waals surface area contributed by atoms with Crippen molar-refractivity contribution in [3.63, 3.8) is 0 Å². The number of carbonyl (C=O) groups is 1. The highest BCUT2D eigenvalue weighted by Crippen LogP contribution is 2.19. The lowest BCUT2D eigenvalue weighted by molar-refractivity contribution is -0.117. The van der Waals surface area contributed by atoms with Gasteiger partial charge in [0, 0.05) is 12.2 Å². The number of benzene rings is 1. The van der Waals surface area contributed by atoms with E-state index in [1.807, 2.05) is 31.2 Å². The Morgan fingerprint density at radius 3 is 2.44 bits per heavy atom. The van der Waals surface area contributed by atoms with Gasteiger partial charge in [-0.25, -0.2) is 0 Å². The molecule has 0 heterocycles. The smallest absolute Gasteiger partial charge is 0.240 e. The van der Waals surface area contributed by atoms with E-state index in [-0.39, 0.29) is 12.5 Å². The molecule has 0 bridgehead atoms. The average molecular weight is 222 g/mol. The molecule has 0 fully saturated rings. The number of nitrogens with two attached hydrogens (primary N) is 1. The van der Waals surface area contributed by atoms with Crippen LogP contribution in [0.25, 0.3) is 0 Å². The van der Waals surface area contributed by atoms with E-state index in [9.17, 15) is 4.79 Å². The predicted molar refractivity (Wildman–Crippen MR) is 64.7 cm³/mol. The Balaban J connectivity index is 2.87. The Hall–Kier alpha value is -1.55. The molecule has 0 spiro atoms. The number of ether oxygens (including phenoxy) is 1. The van der Waals surface area contributed by atoms with Crippen LogP contribution in [0.15, 0.2) is 24.3 Å². The zero-order chi connectivity index (χ0) is 12.0. The summed E-state index contributed by atoms with van der Waals surface area (Å²) in [6.45, 7) is 2.74. The largest absolute Gasteiger partial charge is 0.497 e. The molecule has 1 rings (SSSR count). The van der Waals surface area contributed by atoms with Crippen molar-refractivity contribution in [3.8, 4) is 5.75 Å². The van der Waals surface area contributed by atoms with E-state index >= 15 is 0 Å². The third kappa shape index (κ3) is 2.97. The molecule has 2 N–H and O–H groups in total. The second-order valence-electron chi connectivity index (χ2n) is 3.45. The number of hydrogen-bond acceptors (Lipinski definition) is 3. The summed E-state index contributed by atoms with van der Waals surface area (Å²) in [6, 6.07) is 7.40. The SMILES string of the molecule is CCCN(C(=O)CN)c1ccc(OC)cc1. The molecular weight excluding hydrogens is 204 g/mol. The Labute approximate surface area is 96.0 Å². The molecule has 88 valence electrons. The van der Waals surface area contributed by atoms with E-state index in [0.29, 0.717) is 6.54 Å². The molecular formula is C12H18N2O2. The van der Waals surface area contributed by atoms with Crippen LogP contribution in [-0.2, 0) is 4.79 Å². The average Bonchev–Trinajstić information content (AvgIpc) is 2.35. The highest BCUT2D eigenvalue weighted by Gasteiger charge is 2.12. The lowest BCUT2D eigenvalue weighted by Crippen LogP contribution is -2.36. The minimum absolute atomic E-state index is 0.0338. The van der Waals surface area contributed by atoms with Gasteiger partial charge in [-0.2, -0.15) is 0 Å². The van der Waals surface area contributed by atoms with Gasteiger partial charge in [0.2, 0.25) is 5.91 Å². The Kier molecular flexibility index (Phi) is 4.79. The van der Waals surface area contributed by atoms with E-state index in [1.165, 1.54) is 0 Å². The summed E-state index contributed by atoms with van der Waals surface area (Å²) in [7, 11) is 1.61. The van der Waals surface area contributed by atoms with E-state index in [2.05, 4.69) is 0 Å². The summed E-state index contributed by atoms with van der Waals surface area (Å²) in [6.07, 6.45) is 0.901. The van der Waals surface area contributed by atoms with Gasteiger partial charge >= 0.3 is 0 Å². The predicted octanol–water partition coefficient (Wildman–Crippen LogP) is 1.40. The minimum Gasteiger partial charge on any atom is -0.497 e. The highest BCUT2D eigenvalue weighted by molar-refractivity contribution is 5.94. The van der Waals surface area contributed by atoms with Crippen molar-refractivity contribution in [2.45, 2.75) is 13.3 Å². The lowest BCUT2D eigenvalue weighted by atomic mass is 10.2. The van der Waals surface area contributed by atoms with Crippen LogP contribution in [0.4, 0.5) is 5.69 Å². The van der Waals surface area contributed by atoms with Crippen LogP contribution in [0.3, 0.4) is 0 Å². The normalized spacial score (nSPS) is 9.94. The van der Waals surface area contributed by atoms with Crippen LogP contribution >= 0.6 is 0 Å². The first-order valence-electron chi connectivity index (χ1n) is 5.37. The molecule has 0 atom stereocenters. The highest BCUT2D eigenvalue weighted by atomic mass is 16.5. The number of amides is 1. The number of methoxy groups -OCH3 is 1. The Bertz CT molecular complexity index is 335. The number of hydrogen-bond donors (Lipinski definition) is 1. The second kappa shape index (κ2) is 6.12. The van der Waals surface area contributed by atoms with E-state index in [0.717, 1.165) is 17.9 Å². The fourth-order valence-electron chi connectivity index (χ4n) is 1.49. The van der Waals surface area contributed by atoms with Crippen molar-refractivity contribution in [2.24, 2.45) is 5.73 Å². The summed E-state index contributed by atoms with van der Waals surface area (Å²) >= 11 is 0. The van der Waals surface area contributed by atoms with Gasteiger partial charge in [-0.3, -0.25) is 4.79 Å². The van der Waals surface area contributed by atoms with Crippen molar-refractivity contribution < 1.29 is 9.53 Å². The zero-order valence-corrected chi connectivity index (χ0v) is 9.77. The lowest BCUT2D eigenvalue weighted by Gasteiger charge is -2.21. The van der Waals surface area contributed by atoms with Crippen molar-refractivity contribution in [1.29, 1.82) is 0 Å². The van der Waals surface area contributed by atoms with Crippen LogP contribution in [0.2, 0.25) is 0 Å². The van der Waals surface area contributed by atoms with Gasteiger partial charge in [0.15, 0.2) is 0 Å². The molecule has 0 unspecified atom stereocenters. The van der Waals surface area contributed by atoms with Gasteiger partial charge in [0.25, 0.3) is 0 Å². The van der Waals surface area contributed by atoms with Crippen molar-refractivity contribution in [2.75, 3.05) is 25.1 Å². The van der Waals surface area contributed by atoms with Crippen LogP contribution < -0.4 is 15.4 Å². The summed E-state index contributed by atoms with van der Waals surface area (Å²) in [5.41, 5.74) is 6.24. The molecule has 16 heavy (non-hydrogen) atoms. The molecule has 0 saturated heterocycles. The topological polar surface area (TPSA) is 55.6 Å². The first-order chi connectivity index (χ1) is 7.72. The number of nitrogens with zero attached hydrogens (tertiary/aromatic N) is 1. The van der Waals surface area contributed by atoms with Gasteiger partial charge in [-0.05, 0) is 30.7 Å². The van der Waals surface area contributed by atoms with Gasteiger partial charge in [-0.1, -0.05) is 6.92 Å². The molecule has 4 nitrogen and oxygen atoms in total. The first-order valence-corrected chi connectivity index (χ1v) is 5.37. The summed E-state index contributed by atoms with van der Waals surface area (Å²) in [5.74, 6) is 0.715. The van der Waals surface area contributed by atoms with Crippen LogP contribution in [0.1, 0.15) is 13.3 Å². The van der Waals surface area contributed by atoms with Crippen LogP contribution in [0.5, 0.6) is 5.75 Å². The van der Waals surface area contributed by atoms with Crippen LogP contribution in [0, 0.1) is 0 Å². The first kappa shape index (κ1) is 12.5. The van der Waals surface area contributed by atoms with Gasteiger partial charge < -0.3 is 15.4 Å². The van der Waals surface area contributed by atoms with Crippen LogP contribution in [-0.4, -0.2) is 26.1 Å². The monoisotopic (exact) mass is 222 g/mol. The molecule has 0 aliphatic carbocycles. The molecule has 0 aliphatic rings. The standard InChI is InChI=1S/C12H18N2O2/c1-3-8-14(12(15)9-13)10-4-6-11(16-2)7-5-10/h4-7H,3,8-9,13H2,1-2H3. The summed E-state index contributed by atoms with van der Waals surface area (Å²) < 4.78 is 5.07. The van der Waals surface area contributed by atoms with E-state index in [4.69, 9.17) is 10.5 Å². The van der Waals surface area contributed by atoms with E-state index < -0.39 is 0 Å². The molecule has 1 amide bonds. The zero-order valence-electron chi connectivity index (χ0n) is 9.77.